The van der Waals surface area contributed by atoms with E-state index in [1.165, 1.54) is 4.90 Å². The number of carbonyl (C=O) groups excluding carboxylic acids is 4. The summed E-state index contributed by atoms with van der Waals surface area (Å²) in [5, 5.41) is 12.1. The molecular formula is C25H32N6O5. The summed E-state index contributed by atoms with van der Waals surface area (Å²) < 4.78 is 5.37. The highest BCUT2D eigenvalue weighted by molar-refractivity contribution is 6.07. The van der Waals surface area contributed by atoms with Gasteiger partial charge in [0.1, 0.15) is 17.7 Å². The van der Waals surface area contributed by atoms with Crippen LogP contribution in [0.15, 0.2) is 24.3 Å². The second-order valence-corrected chi connectivity index (χ2v) is 10.5. The molecule has 3 heterocycles. The third kappa shape index (κ3) is 4.99. The Morgan fingerprint density at radius 1 is 1.28 bits per heavy atom. The molecule has 3 aliphatic rings. The van der Waals surface area contributed by atoms with Crippen molar-refractivity contribution in [2.24, 2.45) is 5.73 Å². The number of primary amides is 1. The number of hydrogen-bond donors (Lipinski definition) is 2. The first-order valence-electron chi connectivity index (χ1n) is 12.2. The van der Waals surface area contributed by atoms with E-state index in [2.05, 4.69) is 11.4 Å². The Hall–Kier alpha value is -3.65. The number of para-hydroxylation sites is 1. The van der Waals surface area contributed by atoms with Crippen LogP contribution >= 0.6 is 0 Å². The van der Waals surface area contributed by atoms with Crippen LogP contribution in [0.3, 0.4) is 0 Å². The molecule has 1 aromatic rings. The van der Waals surface area contributed by atoms with E-state index in [1.807, 2.05) is 4.90 Å². The molecule has 36 heavy (non-hydrogen) atoms. The summed E-state index contributed by atoms with van der Waals surface area (Å²) in [5.41, 5.74) is 5.53. The number of fused-ring (bicyclic) bond motifs is 2. The van der Waals surface area contributed by atoms with Crippen LogP contribution in [0.25, 0.3) is 0 Å². The summed E-state index contributed by atoms with van der Waals surface area (Å²) >= 11 is 0. The predicted octanol–water partition coefficient (Wildman–Crippen LogP) is 0.983. The molecule has 0 aliphatic carbocycles. The molecule has 2 bridgehead atoms. The van der Waals surface area contributed by atoms with Crippen molar-refractivity contribution in [3.05, 3.63) is 29.8 Å². The normalized spacial score (nSPS) is 24.5. The smallest absolute Gasteiger partial charge is 0.408 e. The van der Waals surface area contributed by atoms with E-state index in [-0.39, 0.29) is 30.0 Å². The SMILES string of the molecule is CC(C)(C)OC(=O)N[C@@H](CN1C[C@@H]2C[C@H]1C(=O)N2c1ccccc1C(N)=O)C(=O)N1CCC[C@H]1C#N. The topological polar surface area (TPSA) is 149 Å². The number of amides is 4. The van der Waals surface area contributed by atoms with Crippen molar-refractivity contribution in [1.82, 2.24) is 15.1 Å². The summed E-state index contributed by atoms with van der Waals surface area (Å²) in [5.74, 6) is -1.15. The molecule has 3 fully saturated rings. The number of nitrogens with one attached hydrogen (secondary N) is 1. The number of rotatable bonds is 6. The highest BCUT2D eigenvalue weighted by Gasteiger charge is 2.51. The van der Waals surface area contributed by atoms with Crippen LogP contribution in [0, 0.1) is 11.3 Å². The van der Waals surface area contributed by atoms with E-state index in [0.717, 1.165) is 0 Å². The van der Waals surface area contributed by atoms with Crippen molar-refractivity contribution in [2.75, 3.05) is 24.5 Å². The van der Waals surface area contributed by atoms with Crippen molar-refractivity contribution in [1.29, 1.82) is 5.26 Å². The molecule has 11 heteroatoms. The molecule has 0 spiro atoms. The van der Waals surface area contributed by atoms with Crippen molar-refractivity contribution in [3.63, 3.8) is 0 Å². The van der Waals surface area contributed by atoms with Crippen LogP contribution in [-0.2, 0) is 14.3 Å². The largest absolute Gasteiger partial charge is 0.444 e. The first kappa shape index (κ1) is 25.4. The van der Waals surface area contributed by atoms with Gasteiger partial charge in [0.05, 0.1) is 29.4 Å². The second-order valence-electron chi connectivity index (χ2n) is 10.5. The number of alkyl carbamates (subject to hydrolysis) is 1. The number of anilines is 1. The van der Waals surface area contributed by atoms with E-state index in [1.54, 1.807) is 49.9 Å². The lowest BCUT2D eigenvalue weighted by Crippen LogP contribution is -2.59. The summed E-state index contributed by atoms with van der Waals surface area (Å²) in [6.45, 7) is 6.19. The quantitative estimate of drug-likeness (QED) is 0.596. The summed E-state index contributed by atoms with van der Waals surface area (Å²) in [7, 11) is 0. The first-order chi connectivity index (χ1) is 17.0. The Balaban J connectivity index is 1.52. The third-order valence-corrected chi connectivity index (χ3v) is 6.79. The lowest BCUT2D eigenvalue weighted by Gasteiger charge is -2.36. The second kappa shape index (κ2) is 9.78. The Kier molecular flexibility index (Phi) is 6.91. The number of carbonyl (C=O) groups is 4. The molecule has 4 rings (SSSR count). The Bertz CT molecular complexity index is 1110. The molecule has 4 atom stereocenters. The van der Waals surface area contributed by atoms with E-state index >= 15 is 0 Å². The molecule has 0 aromatic heterocycles. The fourth-order valence-electron chi connectivity index (χ4n) is 5.31. The van der Waals surface area contributed by atoms with Gasteiger partial charge in [0.15, 0.2) is 0 Å². The van der Waals surface area contributed by atoms with E-state index in [0.29, 0.717) is 38.0 Å². The van der Waals surface area contributed by atoms with Gasteiger partial charge in [-0.25, -0.2) is 4.79 Å². The molecule has 3 N–H and O–H groups in total. The van der Waals surface area contributed by atoms with Gasteiger partial charge in [-0.3, -0.25) is 19.3 Å². The molecule has 3 saturated heterocycles. The molecule has 1 aromatic carbocycles. The average molecular weight is 497 g/mol. The van der Waals surface area contributed by atoms with Gasteiger partial charge in [-0.05, 0) is 52.2 Å². The maximum atomic E-state index is 13.4. The maximum Gasteiger partial charge on any atom is 0.408 e. The van der Waals surface area contributed by atoms with Gasteiger partial charge in [0, 0.05) is 19.6 Å². The van der Waals surface area contributed by atoms with Gasteiger partial charge in [0.25, 0.3) is 5.91 Å². The third-order valence-electron chi connectivity index (χ3n) is 6.79. The minimum atomic E-state index is -0.979. The first-order valence-corrected chi connectivity index (χ1v) is 12.2. The van der Waals surface area contributed by atoms with Gasteiger partial charge in [-0.15, -0.1) is 0 Å². The predicted molar refractivity (Wildman–Crippen MR) is 130 cm³/mol. The summed E-state index contributed by atoms with van der Waals surface area (Å²) in [6.07, 6.45) is 1.10. The number of nitrogens with zero attached hydrogens (tertiary/aromatic N) is 4. The van der Waals surface area contributed by atoms with Gasteiger partial charge in [-0.2, -0.15) is 5.26 Å². The standard InChI is InChI=1S/C25H32N6O5/c1-25(2,3)36-24(35)28-18(22(33)30-10-6-7-15(30)12-26)14-29-13-16-11-20(29)23(34)31(16)19-9-5-4-8-17(19)21(27)32/h4-5,8-9,15-16,18,20H,6-7,10-11,13-14H2,1-3H3,(H2,27,32)(H,28,35)/t15-,16-,18-,20-/m0/s1. The van der Waals surface area contributed by atoms with Gasteiger partial charge < -0.3 is 25.6 Å². The molecule has 192 valence electrons. The molecular weight excluding hydrogens is 464 g/mol. The summed E-state index contributed by atoms with van der Waals surface area (Å²) in [4.78, 5) is 56.3. The zero-order valence-electron chi connectivity index (χ0n) is 20.8. The molecule has 4 amide bonds. The molecule has 11 nitrogen and oxygen atoms in total. The van der Waals surface area contributed by atoms with Crippen molar-refractivity contribution in [3.8, 4) is 6.07 Å². The fourth-order valence-corrected chi connectivity index (χ4v) is 5.31. The van der Waals surface area contributed by atoms with Gasteiger partial charge in [-0.1, -0.05) is 12.1 Å². The number of ether oxygens (including phenoxy) is 1. The van der Waals surface area contributed by atoms with E-state index < -0.39 is 35.7 Å². The van der Waals surface area contributed by atoms with Crippen molar-refractivity contribution in [2.45, 2.75) is 69.8 Å². The maximum absolute atomic E-state index is 13.4. The number of piperazine rings is 1. The Morgan fingerprint density at radius 3 is 2.64 bits per heavy atom. The minimum Gasteiger partial charge on any atom is -0.444 e. The Labute approximate surface area is 210 Å². The van der Waals surface area contributed by atoms with E-state index in [9.17, 15) is 24.4 Å². The number of hydrogen-bond acceptors (Lipinski definition) is 7. The highest BCUT2D eigenvalue weighted by atomic mass is 16.6. The van der Waals surface area contributed by atoms with Crippen LogP contribution in [0.4, 0.5) is 10.5 Å². The van der Waals surface area contributed by atoms with E-state index in [4.69, 9.17) is 10.5 Å². The highest BCUT2D eigenvalue weighted by Crippen LogP contribution is 2.37. The molecule has 3 aliphatic heterocycles. The lowest BCUT2D eigenvalue weighted by molar-refractivity contribution is -0.135. The summed E-state index contributed by atoms with van der Waals surface area (Å²) in [6, 6.07) is 6.68. The van der Waals surface area contributed by atoms with Crippen LogP contribution in [0.2, 0.25) is 0 Å². The molecule has 0 saturated carbocycles. The number of likely N-dealkylation sites (tertiary alicyclic amines) is 2. The van der Waals surface area contributed by atoms with Gasteiger partial charge in [0.2, 0.25) is 11.8 Å². The van der Waals surface area contributed by atoms with Crippen LogP contribution in [-0.4, -0.2) is 83.0 Å². The zero-order valence-corrected chi connectivity index (χ0v) is 20.8. The number of benzene rings is 1. The molecule has 0 unspecified atom stereocenters. The number of nitrogens with two attached hydrogens (primary N) is 1. The zero-order chi connectivity index (χ0) is 26.2. The molecule has 0 radical (unpaired) electrons. The minimum absolute atomic E-state index is 0.102. The van der Waals surface area contributed by atoms with Crippen LogP contribution in [0.5, 0.6) is 0 Å². The monoisotopic (exact) mass is 496 g/mol. The van der Waals surface area contributed by atoms with Crippen LogP contribution < -0.4 is 16.0 Å². The van der Waals surface area contributed by atoms with Crippen LogP contribution in [0.1, 0.15) is 50.4 Å². The number of nitriles is 1. The van der Waals surface area contributed by atoms with Crippen molar-refractivity contribution < 1.29 is 23.9 Å². The van der Waals surface area contributed by atoms with Crippen molar-refractivity contribution >= 4 is 29.5 Å². The van der Waals surface area contributed by atoms with Gasteiger partial charge >= 0.3 is 6.09 Å². The fraction of sp³-hybridized carbons (Fsp3) is 0.560. The lowest BCUT2D eigenvalue weighted by atomic mass is 10.1. The average Bonchev–Trinajstić information content (AvgIpc) is 3.51. The Morgan fingerprint density at radius 2 is 2.00 bits per heavy atom.